The molecule has 21 heavy (non-hydrogen) atoms. The molecule has 0 aliphatic heterocycles. The summed E-state index contributed by atoms with van der Waals surface area (Å²) < 4.78 is 6.13. The molecule has 0 aromatic rings. The second-order valence-electron chi connectivity index (χ2n) is 8.42. The van der Waals surface area contributed by atoms with Gasteiger partial charge in [-0.05, 0) is 63.7 Å². The average Bonchev–Trinajstić information content (AvgIpc) is 2.35. The third kappa shape index (κ3) is 2.62. The Morgan fingerprint density at radius 1 is 1.24 bits per heavy atom. The molecular weight excluding hydrogens is 264 g/mol. The SMILES string of the molecule is CCCC(C)(CC)C(=O)OC12CC3CC(CC(O)(C3)C1)C2. The van der Waals surface area contributed by atoms with Gasteiger partial charge in [0.1, 0.15) is 5.60 Å². The molecule has 3 heteroatoms. The fraction of sp³-hybridized carbons (Fsp3) is 0.944. The highest BCUT2D eigenvalue weighted by molar-refractivity contribution is 5.76. The molecule has 120 valence electrons. The molecular formula is C18H30O3. The van der Waals surface area contributed by atoms with Gasteiger partial charge in [-0.2, -0.15) is 0 Å². The van der Waals surface area contributed by atoms with Gasteiger partial charge in [-0.1, -0.05) is 20.3 Å². The van der Waals surface area contributed by atoms with Crippen molar-refractivity contribution in [2.75, 3.05) is 0 Å². The Kier molecular flexibility index (Phi) is 3.63. The van der Waals surface area contributed by atoms with E-state index < -0.39 is 5.60 Å². The molecule has 3 unspecified atom stereocenters. The van der Waals surface area contributed by atoms with Crippen LogP contribution in [0.15, 0.2) is 0 Å². The Morgan fingerprint density at radius 2 is 1.86 bits per heavy atom. The average molecular weight is 294 g/mol. The van der Waals surface area contributed by atoms with E-state index in [0.29, 0.717) is 18.3 Å². The number of rotatable bonds is 5. The second-order valence-corrected chi connectivity index (χ2v) is 8.42. The molecule has 0 amide bonds. The third-order valence-corrected chi connectivity index (χ3v) is 6.36. The van der Waals surface area contributed by atoms with Gasteiger partial charge in [0, 0.05) is 6.42 Å². The van der Waals surface area contributed by atoms with Crippen LogP contribution in [0.5, 0.6) is 0 Å². The van der Waals surface area contributed by atoms with Crippen LogP contribution < -0.4 is 0 Å². The van der Waals surface area contributed by atoms with Crippen LogP contribution in [0.25, 0.3) is 0 Å². The highest BCUT2D eigenvalue weighted by Crippen LogP contribution is 2.59. The van der Waals surface area contributed by atoms with Crippen molar-refractivity contribution in [1.29, 1.82) is 0 Å². The molecule has 3 atom stereocenters. The van der Waals surface area contributed by atoms with E-state index in [0.717, 1.165) is 44.9 Å². The maximum atomic E-state index is 12.8. The van der Waals surface area contributed by atoms with Crippen molar-refractivity contribution >= 4 is 5.97 Å². The van der Waals surface area contributed by atoms with Gasteiger partial charge in [0.05, 0.1) is 11.0 Å². The standard InChI is InChI=1S/C18H30O3/c1-4-6-16(3,5-2)15(19)21-18-10-13-7-14(11-18)9-17(20,8-13)12-18/h13-14,20H,4-12H2,1-3H3. The summed E-state index contributed by atoms with van der Waals surface area (Å²) in [6.07, 6.45) is 8.40. The van der Waals surface area contributed by atoms with E-state index in [1.54, 1.807) is 0 Å². The minimum absolute atomic E-state index is 0.0302. The molecule has 0 saturated heterocycles. The highest BCUT2D eigenvalue weighted by Gasteiger charge is 2.59. The largest absolute Gasteiger partial charge is 0.459 e. The van der Waals surface area contributed by atoms with Gasteiger partial charge in [0.15, 0.2) is 0 Å². The molecule has 4 aliphatic rings. The van der Waals surface area contributed by atoms with Gasteiger partial charge in [0.25, 0.3) is 0 Å². The first kappa shape index (κ1) is 15.3. The Bertz CT molecular complexity index is 416. The van der Waals surface area contributed by atoms with E-state index in [-0.39, 0.29) is 17.0 Å². The van der Waals surface area contributed by atoms with E-state index in [2.05, 4.69) is 13.8 Å². The minimum Gasteiger partial charge on any atom is -0.459 e. The van der Waals surface area contributed by atoms with Crippen LogP contribution in [0.2, 0.25) is 0 Å². The molecule has 0 aromatic carbocycles. The quantitative estimate of drug-likeness (QED) is 0.784. The summed E-state index contributed by atoms with van der Waals surface area (Å²) in [6.45, 7) is 6.23. The fourth-order valence-corrected chi connectivity index (χ4v) is 5.55. The maximum Gasteiger partial charge on any atom is 0.312 e. The van der Waals surface area contributed by atoms with E-state index in [9.17, 15) is 9.90 Å². The normalized spacial score (nSPS) is 43.6. The smallest absolute Gasteiger partial charge is 0.312 e. The van der Waals surface area contributed by atoms with Gasteiger partial charge in [-0.25, -0.2) is 0 Å². The molecule has 4 bridgehead atoms. The summed E-state index contributed by atoms with van der Waals surface area (Å²) in [4.78, 5) is 12.8. The molecule has 4 aliphatic carbocycles. The molecule has 1 N–H and O–H groups in total. The van der Waals surface area contributed by atoms with Crippen molar-refractivity contribution in [2.45, 2.75) is 89.8 Å². The fourth-order valence-electron chi connectivity index (χ4n) is 5.55. The molecule has 3 nitrogen and oxygen atoms in total. The summed E-state index contributed by atoms with van der Waals surface area (Å²) in [5.41, 5.74) is -1.28. The Labute approximate surface area is 128 Å². The Hall–Kier alpha value is -0.570. The highest BCUT2D eigenvalue weighted by atomic mass is 16.6. The minimum atomic E-state index is -0.558. The first-order valence-electron chi connectivity index (χ1n) is 8.78. The molecule has 0 spiro atoms. The molecule has 4 rings (SSSR count). The summed E-state index contributed by atoms with van der Waals surface area (Å²) in [6, 6.07) is 0. The van der Waals surface area contributed by atoms with Gasteiger partial charge < -0.3 is 9.84 Å². The number of carbonyl (C=O) groups excluding carboxylic acids is 1. The Morgan fingerprint density at radius 3 is 2.33 bits per heavy atom. The van der Waals surface area contributed by atoms with Crippen molar-refractivity contribution in [3.8, 4) is 0 Å². The van der Waals surface area contributed by atoms with E-state index in [1.165, 1.54) is 6.42 Å². The zero-order valence-electron chi connectivity index (χ0n) is 13.8. The monoisotopic (exact) mass is 294 g/mol. The summed E-state index contributed by atoms with van der Waals surface area (Å²) >= 11 is 0. The van der Waals surface area contributed by atoms with Crippen molar-refractivity contribution in [3.63, 3.8) is 0 Å². The molecule has 4 fully saturated rings. The molecule has 0 radical (unpaired) electrons. The lowest BCUT2D eigenvalue weighted by atomic mass is 9.52. The lowest BCUT2D eigenvalue weighted by Gasteiger charge is -2.59. The van der Waals surface area contributed by atoms with Crippen LogP contribution in [0.1, 0.15) is 78.6 Å². The number of carbonyl (C=O) groups is 1. The molecule has 0 heterocycles. The number of hydrogen-bond donors (Lipinski definition) is 1. The van der Waals surface area contributed by atoms with E-state index in [4.69, 9.17) is 4.74 Å². The number of aliphatic hydroxyl groups is 1. The van der Waals surface area contributed by atoms with Crippen LogP contribution in [-0.2, 0) is 9.53 Å². The van der Waals surface area contributed by atoms with Crippen LogP contribution in [0, 0.1) is 17.3 Å². The van der Waals surface area contributed by atoms with Gasteiger partial charge in [-0.15, -0.1) is 0 Å². The summed E-state index contributed by atoms with van der Waals surface area (Å²) in [7, 11) is 0. The van der Waals surface area contributed by atoms with Crippen molar-refractivity contribution in [3.05, 3.63) is 0 Å². The maximum absolute atomic E-state index is 12.8. The lowest BCUT2D eigenvalue weighted by molar-refractivity contribution is -0.226. The number of ether oxygens (including phenoxy) is 1. The van der Waals surface area contributed by atoms with Crippen LogP contribution in [0.3, 0.4) is 0 Å². The van der Waals surface area contributed by atoms with Gasteiger partial charge in [-0.3, -0.25) is 4.79 Å². The topological polar surface area (TPSA) is 46.5 Å². The Balaban J connectivity index is 1.76. The predicted molar refractivity (Wildman–Crippen MR) is 81.8 cm³/mol. The van der Waals surface area contributed by atoms with Crippen molar-refractivity contribution in [2.24, 2.45) is 17.3 Å². The predicted octanol–water partition coefficient (Wildman–Crippen LogP) is 3.83. The first-order valence-corrected chi connectivity index (χ1v) is 8.78. The van der Waals surface area contributed by atoms with Crippen LogP contribution in [0.4, 0.5) is 0 Å². The van der Waals surface area contributed by atoms with Crippen molar-refractivity contribution < 1.29 is 14.6 Å². The van der Waals surface area contributed by atoms with Crippen molar-refractivity contribution in [1.82, 2.24) is 0 Å². The van der Waals surface area contributed by atoms with Gasteiger partial charge >= 0.3 is 5.97 Å². The molecule has 4 saturated carbocycles. The summed E-state index contributed by atoms with van der Waals surface area (Å²) in [5.74, 6) is 1.09. The zero-order valence-corrected chi connectivity index (χ0v) is 13.8. The molecule has 0 aromatic heterocycles. The first-order chi connectivity index (χ1) is 9.82. The lowest BCUT2D eigenvalue weighted by Crippen LogP contribution is -2.61. The van der Waals surface area contributed by atoms with Crippen LogP contribution in [-0.4, -0.2) is 22.3 Å². The van der Waals surface area contributed by atoms with Gasteiger partial charge in [0.2, 0.25) is 0 Å². The van der Waals surface area contributed by atoms with E-state index in [1.807, 2.05) is 6.92 Å². The van der Waals surface area contributed by atoms with Crippen LogP contribution >= 0.6 is 0 Å². The second kappa shape index (κ2) is 4.97. The zero-order chi connectivity index (χ0) is 15.3. The number of esters is 1. The number of hydrogen-bond acceptors (Lipinski definition) is 3. The third-order valence-electron chi connectivity index (χ3n) is 6.36. The summed E-state index contributed by atoms with van der Waals surface area (Å²) in [5, 5.41) is 10.8. The van der Waals surface area contributed by atoms with E-state index >= 15 is 0 Å².